The van der Waals surface area contributed by atoms with Gasteiger partial charge < -0.3 is 15.0 Å². The third-order valence-electron chi connectivity index (χ3n) is 4.87. The van der Waals surface area contributed by atoms with Gasteiger partial charge in [0.25, 0.3) is 5.56 Å². The molecule has 0 aliphatic carbocycles. The molecule has 4 rings (SSSR count). The summed E-state index contributed by atoms with van der Waals surface area (Å²) in [4.78, 5) is 32.5. The molecule has 0 radical (unpaired) electrons. The first-order valence-corrected chi connectivity index (χ1v) is 11.0. The Labute approximate surface area is 183 Å². The van der Waals surface area contributed by atoms with Gasteiger partial charge in [-0.25, -0.2) is 9.37 Å². The lowest BCUT2D eigenvalue weighted by molar-refractivity contribution is -0.116. The standard InChI is InChI=1S/C23H22FN3O3S/c1-13(2)30-17-9-5-15(6-10-17)18-11-19(28)25-21-20(18)22(29)27-23(26-21)31-12-14-3-7-16(24)8-4-14/h3-10,13,18H,11-12H2,1-2H3,(H2,25,26,27,28,29)/t18-/m1/s1. The van der Waals surface area contributed by atoms with Gasteiger partial charge in [0.15, 0.2) is 5.16 Å². The van der Waals surface area contributed by atoms with Crippen molar-refractivity contribution in [3.05, 3.63) is 81.4 Å². The number of aromatic nitrogens is 2. The molecule has 0 saturated heterocycles. The number of carbonyl (C=O) groups excluding carboxylic acids is 1. The highest BCUT2D eigenvalue weighted by Gasteiger charge is 2.31. The second-order valence-corrected chi connectivity index (χ2v) is 8.55. The molecule has 1 amide bonds. The van der Waals surface area contributed by atoms with Gasteiger partial charge in [0.2, 0.25) is 5.91 Å². The highest BCUT2D eigenvalue weighted by molar-refractivity contribution is 7.98. The topological polar surface area (TPSA) is 84.1 Å². The maximum absolute atomic E-state index is 13.1. The summed E-state index contributed by atoms with van der Waals surface area (Å²) in [6.07, 6.45) is 0.231. The number of amides is 1. The zero-order valence-electron chi connectivity index (χ0n) is 17.1. The van der Waals surface area contributed by atoms with E-state index in [4.69, 9.17) is 4.74 Å². The minimum atomic E-state index is -0.385. The Bertz CT molecular complexity index is 1140. The van der Waals surface area contributed by atoms with Crippen molar-refractivity contribution in [1.29, 1.82) is 0 Å². The Balaban J connectivity index is 1.59. The first kappa shape index (κ1) is 21.1. The molecule has 2 N–H and O–H groups in total. The molecule has 6 nitrogen and oxygen atoms in total. The molecular formula is C23H22FN3O3S. The van der Waals surface area contributed by atoms with Crippen molar-refractivity contribution in [2.24, 2.45) is 0 Å². The second-order valence-electron chi connectivity index (χ2n) is 7.59. The van der Waals surface area contributed by atoms with Crippen molar-refractivity contribution in [3.8, 4) is 5.75 Å². The summed E-state index contributed by atoms with van der Waals surface area (Å²) in [7, 11) is 0. The van der Waals surface area contributed by atoms with Gasteiger partial charge in [0.05, 0.1) is 11.7 Å². The zero-order chi connectivity index (χ0) is 22.0. The Morgan fingerprint density at radius 3 is 2.52 bits per heavy atom. The molecule has 1 aliphatic rings. The van der Waals surface area contributed by atoms with E-state index in [-0.39, 0.29) is 41.5 Å². The van der Waals surface area contributed by atoms with Gasteiger partial charge in [0.1, 0.15) is 17.4 Å². The van der Waals surface area contributed by atoms with Crippen LogP contribution in [0.15, 0.2) is 58.5 Å². The Kier molecular flexibility index (Phi) is 6.08. The number of thioether (sulfide) groups is 1. The van der Waals surface area contributed by atoms with Gasteiger partial charge in [-0.1, -0.05) is 36.0 Å². The fourth-order valence-electron chi connectivity index (χ4n) is 3.49. The van der Waals surface area contributed by atoms with E-state index in [1.54, 1.807) is 12.1 Å². The van der Waals surface area contributed by atoms with Gasteiger partial charge in [0, 0.05) is 18.1 Å². The van der Waals surface area contributed by atoms with Crippen LogP contribution in [0.5, 0.6) is 5.75 Å². The van der Waals surface area contributed by atoms with Crippen molar-refractivity contribution in [3.63, 3.8) is 0 Å². The first-order valence-electron chi connectivity index (χ1n) is 9.97. The fraction of sp³-hybridized carbons (Fsp3) is 0.261. The molecule has 160 valence electrons. The van der Waals surface area contributed by atoms with Crippen LogP contribution in [-0.4, -0.2) is 22.0 Å². The number of nitrogens with one attached hydrogen (secondary N) is 2. The van der Waals surface area contributed by atoms with Gasteiger partial charge in [-0.05, 0) is 49.2 Å². The van der Waals surface area contributed by atoms with Gasteiger partial charge in [-0.15, -0.1) is 0 Å². The summed E-state index contributed by atoms with van der Waals surface area (Å²) in [5, 5.41) is 3.12. The smallest absolute Gasteiger partial charge is 0.257 e. The molecule has 8 heteroatoms. The first-order chi connectivity index (χ1) is 14.9. The number of carbonyl (C=O) groups is 1. The predicted molar refractivity (Wildman–Crippen MR) is 118 cm³/mol. The number of benzene rings is 2. The highest BCUT2D eigenvalue weighted by atomic mass is 32.2. The van der Waals surface area contributed by atoms with E-state index in [0.717, 1.165) is 16.9 Å². The molecule has 1 aliphatic heterocycles. The van der Waals surface area contributed by atoms with Crippen LogP contribution in [-0.2, 0) is 10.5 Å². The normalized spacial score (nSPS) is 15.5. The third kappa shape index (κ3) is 4.96. The Morgan fingerprint density at radius 1 is 1.13 bits per heavy atom. The lowest BCUT2D eigenvalue weighted by Crippen LogP contribution is -2.31. The van der Waals surface area contributed by atoms with Crippen LogP contribution >= 0.6 is 11.8 Å². The van der Waals surface area contributed by atoms with Crippen LogP contribution in [0.2, 0.25) is 0 Å². The van der Waals surface area contributed by atoms with E-state index in [9.17, 15) is 14.0 Å². The largest absolute Gasteiger partial charge is 0.491 e. The van der Waals surface area contributed by atoms with Gasteiger partial charge >= 0.3 is 0 Å². The number of halogens is 1. The molecule has 0 unspecified atom stereocenters. The summed E-state index contributed by atoms with van der Waals surface area (Å²) in [6, 6.07) is 13.6. The number of fused-ring (bicyclic) bond motifs is 1. The lowest BCUT2D eigenvalue weighted by atomic mass is 9.87. The fourth-order valence-corrected chi connectivity index (χ4v) is 4.30. The number of rotatable bonds is 6. The number of ether oxygens (including phenoxy) is 1. The predicted octanol–water partition coefficient (Wildman–Crippen LogP) is 4.46. The Hall–Kier alpha value is -3.13. The molecule has 2 aromatic carbocycles. The minimum absolute atomic E-state index is 0.0601. The number of aromatic amines is 1. The zero-order valence-corrected chi connectivity index (χ0v) is 18.0. The summed E-state index contributed by atoms with van der Waals surface area (Å²) < 4.78 is 18.7. The number of H-pyrrole nitrogens is 1. The minimum Gasteiger partial charge on any atom is -0.491 e. The molecule has 0 saturated carbocycles. The number of hydrogen-bond donors (Lipinski definition) is 2. The van der Waals surface area contributed by atoms with E-state index in [2.05, 4.69) is 15.3 Å². The van der Waals surface area contributed by atoms with Crippen LogP contribution in [0.25, 0.3) is 0 Å². The molecule has 1 aromatic heterocycles. The van der Waals surface area contributed by atoms with Crippen molar-refractivity contribution < 1.29 is 13.9 Å². The number of anilines is 1. The van der Waals surface area contributed by atoms with E-state index in [0.29, 0.717) is 16.5 Å². The molecule has 3 aromatic rings. The molecule has 2 heterocycles. The summed E-state index contributed by atoms with van der Waals surface area (Å²) in [5.74, 6) is 0.660. The van der Waals surface area contributed by atoms with Crippen LogP contribution in [0.4, 0.5) is 10.2 Å². The maximum Gasteiger partial charge on any atom is 0.257 e. The van der Waals surface area contributed by atoms with E-state index in [1.807, 2.05) is 38.1 Å². The quantitative estimate of drug-likeness (QED) is 0.438. The monoisotopic (exact) mass is 439 g/mol. The molecule has 0 spiro atoms. The van der Waals surface area contributed by atoms with Crippen molar-refractivity contribution in [2.75, 3.05) is 5.32 Å². The number of hydrogen-bond acceptors (Lipinski definition) is 5. The Morgan fingerprint density at radius 2 is 1.84 bits per heavy atom. The molecule has 0 bridgehead atoms. The number of nitrogens with zero attached hydrogens (tertiary/aromatic N) is 1. The van der Waals surface area contributed by atoms with Crippen LogP contribution in [0.1, 0.15) is 42.9 Å². The van der Waals surface area contributed by atoms with Crippen molar-refractivity contribution in [1.82, 2.24) is 9.97 Å². The third-order valence-corrected chi connectivity index (χ3v) is 5.82. The molecular weight excluding hydrogens is 417 g/mol. The van der Waals surface area contributed by atoms with Crippen LogP contribution in [0.3, 0.4) is 0 Å². The van der Waals surface area contributed by atoms with Gasteiger partial charge in [-0.3, -0.25) is 9.59 Å². The van der Waals surface area contributed by atoms with Crippen molar-refractivity contribution >= 4 is 23.5 Å². The lowest BCUT2D eigenvalue weighted by Gasteiger charge is -2.24. The van der Waals surface area contributed by atoms with E-state index >= 15 is 0 Å². The summed E-state index contributed by atoms with van der Waals surface area (Å²) in [6.45, 7) is 3.90. The SMILES string of the molecule is CC(C)Oc1ccc([C@H]2CC(=O)Nc3nc(SCc4ccc(F)cc4)[nH]c(=O)c32)cc1. The van der Waals surface area contributed by atoms with E-state index in [1.165, 1.54) is 23.9 Å². The molecule has 1 atom stereocenters. The van der Waals surface area contributed by atoms with Crippen LogP contribution in [0, 0.1) is 5.82 Å². The van der Waals surface area contributed by atoms with E-state index < -0.39 is 0 Å². The van der Waals surface area contributed by atoms with Gasteiger partial charge in [-0.2, -0.15) is 0 Å². The molecule has 0 fully saturated rings. The second kappa shape index (κ2) is 8.93. The average molecular weight is 440 g/mol. The highest BCUT2D eigenvalue weighted by Crippen LogP contribution is 2.35. The van der Waals surface area contributed by atoms with Crippen molar-refractivity contribution in [2.45, 2.75) is 43.2 Å². The summed E-state index contributed by atoms with van der Waals surface area (Å²) >= 11 is 1.32. The average Bonchev–Trinajstić information content (AvgIpc) is 2.72. The summed E-state index contributed by atoms with van der Waals surface area (Å²) in [5.41, 5.74) is 1.92. The molecule has 31 heavy (non-hydrogen) atoms. The maximum atomic E-state index is 13.1. The van der Waals surface area contributed by atoms with Crippen LogP contribution < -0.4 is 15.6 Å².